The Bertz CT molecular complexity index is 386. The number of hydrogen-bond acceptors (Lipinski definition) is 3. The molecule has 1 aromatic carbocycles. The van der Waals surface area contributed by atoms with Gasteiger partial charge in [0.25, 0.3) is 0 Å². The van der Waals surface area contributed by atoms with Crippen LogP contribution in [0, 0.1) is 12.8 Å². The van der Waals surface area contributed by atoms with Gasteiger partial charge in [-0.05, 0) is 69.4 Å². The van der Waals surface area contributed by atoms with Crippen LogP contribution in [-0.2, 0) is 6.54 Å². The van der Waals surface area contributed by atoms with Crippen LogP contribution in [0.15, 0.2) is 18.2 Å². The molecule has 1 saturated heterocycles. The van der Waals surface area contributed by atoms with Crippen molar-refractivity contribution in [1.29, 1.82) is 0 Å². The van der Waals surface area contributed by atoms with E-state index in [0.717, 1.165) is 31.4 Å². The summed E-state index contributed by atoms with van der Waals surface area (Å²) in [5.41, 5.74) is 2.57. The Hall–Kier alpha value is -1.06. The zero-order chi connectivity index (χ0) is 13.5. The van der Waals surface area contributed by atoms with E-state index >= 15 is 0 Å². The lowest BCUT2D eigenvalue weighted by Gasteiger charge is -2.22. The van der Waals surface area contributed by atoms with Crippen LogP contribution in [0.3, 0.4) is 0 Å². The van der Waals surface area contributed by atoms with Crippen molar-refractivity contribution in [3.63, 3.8) is 0 Å². The predicted octanol–water partition coefficient (Wildman–Crippen LogP) is 2.48. The molecule has 106 valence electrons. The van der Waals surface area contributed by atoms with Crippen LogP contribution in [0.1, 0.15) is 30.9 Å². The van der Waals surface area contributed by atoms with E-state index in [1.54, 1.807) is 0 Å². The second-order valence-electron chi connectivity index (χ2n) is 5.36. The third-order valence-corrected chi connectivity index (χ3v) is 3.76. The molecule has 0 atom stereocenters. The molecular weight excluding hydrogens is 236 g/mol. The fourth-order valence-electron chi connectivity index (χ4n) is 2.65. The van der Waals surface area contributed by atoms with Crippen molar-refractivity contribution in [1.82, 2.24) is 10.6 Å². The number of aryl methyl sites for hydroxylation is 1. The number of hydrogen-bond donors (Lipinski definition) is 2. The van der Waals surface area contributed by atoms with Crippen molar-refractivity contribution >= 4 is 0 Å². The predicted molar refractivity (Wildman–Crippen MR) is 79.6 cm³/mol. The zero-order valence-electron chi connectivity index (χ0n) is 12.2. The third-order valence-electron chi connectivity index (χ3n) is 3.76. The Morgan fingerprint density at radius 2 is 2.11 bits per heavy atom. The van der Waals surface area contributed by atoms with Crippen molar-refractivity contribution in [3.8, 4) is 5.75 Å². The average molecular weight is 262 g/mol. The topological polar surface area (TPSA) is 33.3 Å². The van der Waals surface area contributed by atoms with Gasteiger partial charge in [0, 0.05) is 6.54 Å². The van der Waals surface area contributed by atoms with E-state index in [9.17, 15) is 0 Å². The molecule has 1 fully saturated rings. The van der Waals surface area contributed by atoms with Gasteiger partial charge >= 0.3 is 0 Å². The number of piperidine rings is 1. The molecule has 3 heteroatoms. The first kappa shape index (κ1) is 14.4. The van der Waals surface area contributed by atoms with Crippen LogP contribution in [0.2, 0.25) is 0 Å². The van der Waals surface area contributed by atoms with Crippen molar-refractivity contribution in [3.05, 3.63) is 29.3 Å². The number of benzene rings is 1. The van der Waals surface area contributed by atoms with Crippen molar-refractivity contribution in [2.75, 3.05) is 26.2 Å². The molecule has 0 saturated carbocycles. The maximum absolute atomic E-state index is 5.56. The van der Waals surface area contributed by atoms with Gasteiger partial charge < -0.3 is 15.4 Å². The fourth-order valence-corrected chi connectivity index (χ4v) is 2.65. The molecule has 1 aliphatic rings. The van der Waals surface area contributed by atoms with E-state index in [4.69, 9.17) is 4.74 Å². The summed E-state index contributed by atoms with van der Waals surface area (Å²) in [6.07, 6.45) is 2.60. The first-order valence-corrected chi connectivity index (χ1v) is 7.43. The lowest BCUT2D eigenvalue weighted by Crippen LogP contribution is -2.33. The summed E-state index contributed by atoms with van der Waals surface area (Å²) in [5, 5.41) is 6.99. The summed E-state index contributed by atoms with van der Waals surface area (Å²) in [6, 6.07) is 6.47. The molecule has 1 aliphatic heterocycles. The van der Waals surface area contributed by atoms with Gasteiger partial charge in [0.2, 0.25) is 0 Å². The van der Waals surface area contributed by atoms with Gasteiger partial charge in [0.1, 0.15) is 5.75 Å². The Morgan fingerprint density at radius 1 is 1.32 bits per heavy atom. The molecule has 1 aromatic rings. The average Bonchev–Trinajstić information content (AvgIpc) is 2.43. The summed E-state index contributed by atoms with van der Waals surface area (Å²) in [6.45, 7) is 9.30. The highest BCUT2D eigenvalue weighted by Gasteiger charge is 2.12. The summed E-state index contributed by atoms with van der Waals surface area (Å²) in [7, 11) is 0. The molecule has 0 spiro atoms. The van der Waals surface area contributed by atoms with Gasteiger partial charge in [-0.2, -0.15) is 0 Å². The summed E-state index contributed by atoms with van der Waals surface area (Å²) < 4.78 is 5.56. The van der Waals surface area contributed by atoms with Crippen molar-refractivity contribution in [2.24, 2.45) is 5.92 Å². The summed E-state index contributed by atoms with van der Waals surface area (Å²) in [4.78, 5) is 0. The van der Waals surface area contributed by atoms with Gasteiger partial charge in [0.05, 0.1) is 6.61 Å². The quantitative estimate of drug-likeness (QED) is 0.826. The van der Waals surface area contributed by atoms with Crippen LogP contribution < -0.4 is 15.4 Å². The second kappa shape index (κ2) is 7.51. The molecule has 2 N–H and O–H groups in total. The van der Waals surface area contributed by atoms with Gasteiger partial charge in [-0.1, -0.05) is 12.1 Å². The molecule has 0 unspecified atom stereocenters. The number of ether oxygens (including phenoxy) is 1. The molecule has 19 heavy (non-hydrogen) atoms. The van der Waals surface area contributed by atoms with Crippen molar-refractivity contribution in [2.45, 2.75) is 33.2 Å². The highest BCUT2D eigenvalue weighted by atomic mass is 16.5. The normalized spacial score (nSPS) is 16.5. The zero-order valence-corrected chi connectivity index (χ0v) is 12.2. The maximum atomic E-state index is 5.56. The molecule has 0 aromatic heterocycles. The second-order valence-corrected chi connectivity index (χ2v) is 5.36. The van der Waals surface area contributed by atoms with E-state index in [1.807, 2.05) is 6.92 Å². The molecule has 0 bridgehead atoms. The largest absolute Gasteiger partial charge is 0.494 e. The molecule has 0 aliphatic carbocycles. The monoisotopic (exact) mass is 262 g/mol. The van der Waals surface area contributed by atoms with Crippen LogP contribution in [0.25, 0.3) is 0 Å². The molecule has 2 rings (SSSR count). The minimum atomic E-state index is 0.730. The summed E-state index contributed by atoms with van der Waals surface area (Å²) in [5.74, 6) is 1.84. The first-order valence-electron chi connectivity index (χ1n) is 7.43. The lowest BCUT2D eigenvalue weighted by molar-refractivity contribution is 0.337. The summed E-state index contributed by atoms with van der Waals surface area (Å²) >= 11 is 0. The number of rotatable bonds is 6. The standard InChI is InChI=1S/C16H26N2O/c1-3-19-16-5-4-15(10-13(16)2)12-18-11-14-6-8-17-9-7-14/h4-5,10,14,17-18H,3,6-9,11-12H2,1-2H3. The highest BCUT2D eigenvalue weighted by molar-refractivity contribution is 5.36. The van der Waals surface area contributed by atoms with Crippen LogP contribution >= 0.6 is 0 Å². The van der Waals surface area contributed by atoms with Crippen LogP contribution in [-0.4, -0.2) is 26.2 Å². The van der Waals surface area contributed by atoms with Gasteiger partial charge in [-0.25, -0.2) is 0 Å². The fraction of sp³-hybridized carbons (Fsp3) is 0.625. The molecule has 0 amide bonds. The number of nitrogens with one attached hydrogen (secondary N) is 2. The Labute approximate surface area is 116 Å². The Kier molecular flexibility index (Phi) is 5.67. The first-order chi connectivity index (χ1) is 9.29. The van der Waals surface area contributed by atoms with E-state index in [0.29, 0.717) is 0 Å². The van der Waals surface area contributed by atoms with E-state index in [2.05, 4.69) is 35.8 Å². The molecule has 1 heterocycles. The van der Waals surface area contributed by atoms with E-state index in [1.165, 1.54) is 37.1 Å². The van der Waals surface area contributed by atoms with Crippen LogP contribution in [0.4, 0.5) is 0 Å². The van der Waals surface area contributed by atoms with Gasteiger partial charge in [-0.15, -0.1) is 0 Å². The molecule has 0 radical (unpaired) electrons. The van der Waals surface area contributed by atoms with E-state index < -0.39 is 0 Å². The van der Waals surface area contributed by atoms with Crippen LogP contribution in [0.5, 0.6) is 5.75 Å². The minimum Gasteiger partial charge on any atom is -0.494 e. The minimum absolute atomic E-state index is 0.730. The van der Waals surface area contributed by atoms with E-state index in [-0.39, 0.29) is 0 Å². The van der Waals surface area contributed by atoms with Crippen molar-refractivity contribution < 1.29 is 4.74 Å². The SMILES string of the molecule is CCOc1ccc(CNCC2CCNCC2)cc1C. The third kappa shape index (κ3) is 4.51. The Morgan fingerprint density at radius 3 is 2.79 bits per heavy atom. The Balaban J connectivity index is 1.77. The van der Waals surface area contributed by atoms with Gasteiger partial charge in [-0.3, -0.25) is 0 Å². The maximum Gasteiger partial charge on any atom is 0.122 e. The lowest BCUT2D eigenvalue weighted by atomic mass is 9.98. The molecule has 3 nitrogen and oxygen atoms in total. The van der Waals surface area contributed by atoms with Gasteiger partial charge in [0.15, 0.2) is 0 Å². The highest BCUT2D eigenvalue weighted by Crippen LogP contribution is 2.19. The molecular formula is C16H26N2O. The smallest absolute Gasteiger partial charge is 0.122 e.